The molecule has 5 rings (SSSR count). The molecule has 36 heavy (non-hydrogen) atoms. The largest absolute Gasteiger partial charge is 0.435 e. The third-order valence-corrected chi connectivity index (χ3v) is 6.20. The van der Waals surface area contributed by atoms with Crippen molar-refractivity contribution in [2.24, 2.45) is 0 Å². The Balaban J connectivity index is 1.49. The van der Waals surface area contributed by atoms with Crippen molar-refractivity contribution in [3.63, 3.8) is 0 Å². The molecule has 0 radical (unpaired) electrons. The third kappa shape index (κ3) is 4.71. The maximum absolute atomic E-state index is 15.1. The van der Waals surface area contributed by atoms with E-state index in [4.69, 9.17) is 4.74 Å². The van der Waals surface area contributed by atoms with E-state index in [0.717, 1.165) is 0 Å². The van der Waals surface area contributed by atoms with Gasteiger partial charge in [-0.15, -0.1) is 0 Å². The summed E-state index contributed by atoms with van der Waals surface area (Å²) in [7, 11) is 0. The normalized spacial score (nSPS) is 16.2. The number of anilines is 1. The molecule has 11 heteroatoms. The molecule has 1 atom stereocenters. The summed E-state index contributed by atoms with van der Waals surface area (Å²) in [6.07, 6.45) is 4.94. The number of pyridine rings is 1. The van der Waals surface area contributed by atoms with E-state index in [9.17, 15) is 13.9 Å². The van der Waals surface area contributed by atoms with Gasteiger partial charge in [-0.3, -0.25) is 0 Å². The van der Waals surface area contributed by atoms with Gasteiger partial charge in [0, 0.05) is 60.0 Å². The molecule has 0 unspecified atom stereocenters. The number of hydrogen-bond donors (Lipinski definition) is 1. The summed E-state index contributed by atoms with van der Waals surface area (Å²) in [5.74, 6) is 0.0197. The lowest BCUT2D eigenvalue weighted by molar-refractivity contribution is -0.0504. The van der Waals surface area contributed by atoms with Gasteiger partial charge in [0.1, 0.15) is 17.2 Å². The van der Waals surface area contributed by atoms with Crippen LogP contribution in [0.1, 0.15) is 17.0 Å². The Morgan fingerprint density at radius 3 is 2.75 bits per heavy atom. The van der Waals surface area contributed by atoms with Gasteiger partial charge >= 0.3 is 6.61 Å². The van der Waals surface area contributed by atoms with Crippen LogP contribution in [0.4, 0.5) is 19.1 Å². The number of halogens is 3. The lowest BCUT2D eigenvalue weighted by atomic mass is 10.1. The fraction of sp³-hybridized carbons (Fsp3) is 0.320. The van der Waals surface area contributed by atoms with Crippen LogP contribution in [0.15, 0.2) is 48.9 Å². The summed E-state index contributed by atoms with van der Waals surface area (Å²) in [6.45, 7) is 0.170. The van der Waals surface area contributed by atoms with Gasteiger partial charge in [0.15, 0.2) is 0 Å². The van der Waals surface area contributed by atoms with E-state index in [0.29, 0.717) is 53.9 Å². The molecule has 0 amide bonds. The second-order valence-electron chi connectivity index (χ2n) is 8.45. The standard InChI is InChI=1S/C25H24F3N5O3/c1-15-21(8-16-4-2-3-5-22(16)36-24(27)28)33-12-19(20(26)9-23(33)31-15)17-10-29-25(30-11-17)32-6-7-35-14-18(32)13-34/h2-5,9-12,18,24,34H,6-8,13-14H2,1H3/t18-/m1/s1. The van der Waals surface area contributed by atoms with E-state index in [2.05, 4.69) is 19.7 Å². The minimum absolute atomic E-state index is 0.0810. The summed E-state index contributed by atoms with van der Waals surface area (Å²) < 4.78 is 52.6. The predicted molar refractivity (Wildman–Crippen MR) is 126 cm³/mol. The lowest BCUT2D eigenvalue weighted by Gasteiger charge is -2.34. The van der Waals surface area contributed by atoms with Crippen LogP contribution in [-0.2, 0) is 11.2 Å². The molecule has 0 aliphatic carbocycles. The van der Waals surface area contributed by atoms with Gasteiger partial charge in [0.2, 0.25) is 5.95 Å². The number of fused-ring (bicyclic) bond motifs is 1. The molecule has 0 saturated carbocycles. The Hall–Kier alpha value is -3.70. The van der Waals surface area contributed by atoms with Crippen molar-refractivity contribution >= 4 is 11.6 Å². The van der Waals surface area contributed by atoms with E-state index >= 15 is 4.39 Å². The number of aromatic nitrogens is 4. The number of alkyl halides is 2. The first-order chi connectivity index (χ1) is 17.4. The molecule has 3 aromatic heterocycles. The fourth-order valence-corrected chi connectivity index (χ4v) is 4.38. The summed E-state index contributed by atoms with van der Waals surface area (Å²) in [4.78, 5) is 15.1. The van der Waals surface area contributed by atoms with Crippen molar-refractivity contribution < 1.29 is 27.8 Å². The molecule has 0 bridgehead atoms. The monoisotopic (exact) mass is 499 g/mol. The average molecular weight is 499 g/mol. The van der Waals surface area contributed by atoms with Crippen LogP contribution in [0.3, 0.4) is 0 Å². The lowest BCUT2D eigenvalue weighted by Crippen LogP contribution is -2.48. The molecule has 1 saturated heterocycles. The van der Waals surface area contributed by atoms with Crippen LogP contribution in [0, 0.1) is 12.7 Å². The second-order valence-corrected chi connectivity index (χ2v) is 8.45. The van der Waals surface area contributed by atoms with Crippen LogP contribution < -0.4 is 9.64 Å². The molecule has 1 aromatic carbocycles. The van der Waals surface area contributed by atoms with Crippen LogP contribution in [0.5, 0.6) is 5.75 Å². The van der Waals surface area contributed by atoms with Crippen molar-refractivity contribution in [2.75, 3.05) is 31.3 Å². The highest BCUT2D eigenvalue weighted by Crippen LogP contribution is 2.29. The smallest absolute Gasteiger partial charge is 0.387 e. The molecule has 4 heterocycles. The van der Waals surface area contributed by atoms with Gasteiger partial charge in [-0.25, -0.2) is 19.3 Å². The molecule has 1 N–H and O–H groups in total. The molecule has 8 nitrogen and oxygen atoms in total. The first-order valence-corrected chi connectivity index (χ1v) is 11.4. The van der Waals surface area contributed by atoms with Crippen molar-refractivity contribution in [1.29, 1.82) is 0 Å². The van der Waals surface area contributed by atoms with Gasteiger partial charge in [-0.05, 0) is 13.0 Å². The Morgan fingerprint density at radius 1 is 1.22 bits per heavy atom. The number of imidazole rings is 1. The third-order valence-electron chi connectivity index (χ3n) is 6.20. The quantitative estimate of drug-likeness (QED) is 0.416. The van der Waals surface area contributed by atoms with E-state index in [1.165, 1.54) is 24.5 Å². The first-order valence-electron chi connectivity index (χ1n) is 11.4. The van der Waals surface area contributed by atoms with Crippen molar-refractivity contribution in [3.05, 3.63) is 71.7 Å². The van der Waals surface area contributed by atoms with Crippen molar-refractivity contribution in [1.82, 2.24) is 19.4 Å². The number of aliphatic hydroxyl groups excluding tert-OH is 1. The molecular weight excluding hydrogens is 475 g/mol. The van der Waals surface area contributed by atoms with Gasteiger partial charge in [0.25, 0.3) is 0 Å². The van der Waals surface area contributed by atoms with E-state index < -0.39 is 12.4 Å². The minimum atomic E-state index is -2.94. The summed E-state index contributed by atoms with van der Waals surface area (Å²) >= 11 is 0. The van der Waals surface area contributed by atoms with E-state index in [1.807, 2.05) is 4.90 Å². The van der Waals surface area contributed by atoms with Crippen molar-refractivity contribution in [3.8, 4) is 16.9 Å². The number of morpholine rings is 1. The molecule has 4 aromatic rings. The number of aryl methyl sites for hydroxylation is 1. The molecule has 1 fully saturated rings. The highest BCUT2D eigenvalue weighted by Gasteiger charge is 2.25. The minimum Gasteiger partial charge on any atom is -0.435 e. The zero-order chi connectivity index (χ0) is 25.2. The van der Waals surface area contributed by atoms with Gasteiger partial charge in [-0.2, -0.15) is 8.78 Å². The molecular formula is C25H24F3N5O3. The number of ether oxygens (including phenoxy) is 2. The summed E-state index contributed by atoms with van der Waals surface area (Å²) in [5, 5.41) is 9.61. The molecule has 0 spiro atoms. The van der Waals surface area contributed by atoms with Gasteiger partial charge in [0.05, 0.1) is 31.6 Å². The first kappa shape index (κ1) is 24.0. The van der Waals surface area contributed by atoms with Crippen molar-refractivity contribution in [2.45, 2.75) is 26.0 Å². The van der Waals surface area contributed by atoms with Gasteiger partial charge < -0.3 is 23.9 Å². The zero-order valence-electron chi connectivity index (χ0n) is 19.4. The Morgan fingerprint density at radius 2 is 2.00 bits per heavy atom. The Kier molecular flexibility index (Phi) is 6.75. The fourth-order valence-electron chi connectivity index (χ4n) is 4.38. The maximum atomic E-state index is 15.1. The molecule has 1 aliphatic heterocycles. The zero-order valence-corrected chi connectivity index (χ0v) is 19.4. The maximum Gasteiger partial charge on any atom is 0.387 e. The topological polar surface area (TPSA) is 85.0 Å². The van der Waals surface area contributed by atoms with Crippen LogP contribution in [0.2, 0.25) is 0 Å². The van der Waals surface area contributed by atoms with Crippen LogP contribution in [0.25, 0.3) is 16.8 Å². The number of benzene rings is 1. The second kappa shape index (κ2) is 10.1. The number of hydrogen-bond acceptors (Lipinski definition) is 7. The van der Waals surface area contributed by atoms with Crippen LogP contribution >= 0.6 is 0 Å². The summed E-state index contributed by atoms with van der Waals surface area (Å²) in [6, 6.07) is 7.64. The van der Waals surface area contributed by atoms with E-state index in [1.54, 1.807) is 35.7 Å². The van der Waals surface area contributed by atoms with E-state index in [-0.39, 0.29) is 30.4 Å². The SMILES string of the molecule is Cc1nc2cc(F)c(-c3cnc(N4CCOC[C@H]4CO)nc3)cn2c1Cc1ccccc1OC(F)F. The molecule has 1 aliphatic rings. The average Bonchev–Trinajstić information content (AvgIpc) is 3.18. The number of para-hydroxylation sites is 1. The van der Waals surface area contributed by atoms with Crippen LogP contribution in [-0.4, -0.2) is 63.5 Å². The highest BCUT2D eigenvalue weighted by molar-refractivity contribution is 5.65. The number of rotatable bonds is 7. The highest BCUT2D eigenvalue weighted by atomic mass is 19.3. The Labute approximate surface area is 205 Å². The predicted octanol–water partition coefficient (Wildman–Crippen LogP) is 3.63. The molecule has 188 valence electrons. The summed E-state index contributed by atoms with van der Waals surface area (Å²) in [5.41, 5.74) is 3.05. The van der Waals surface area contributed by atoms with Gasteiger partial charge in [-0.1, -0.05) is 18.2 Å². The Bertz CT molecular complexity index is 1360. The number of aliphatic hydroxyl groups is 1. The number of nitrogens with zero attached hydrogens (tertiary/aromatic N) is 5.